The molecule has 0 saturated carbocycles. The first-order valence-corrected chi connectivity index (χ1v) is 5.78. The highest BCUT2D eigenvalue weighted by atomic mass is 16.5. The molecule has 0 heterocycles. The molecule has 2 heteroatoms. The minimum atomic E-state index is 0.864. The number of benzene rings is 2. The monoisotopic (exact) mass is 240 g/mol. The summed E-state index contributed by atoms with van der Waals surface area (Å²) in [5.41, 5.74) is 2.22. The van der Waals surface area contributed by atoms with Gasteiger partial charge in [-0.1, -0.05) is 36.4 Å². The van der Waals surface area contributed by atoms with Crippen molar-refractivity contribution in [2.75, 3.05) is 14.2 Å². The van der Waals surface area contributed by atoms with E-state index in [4.69, 9.17) is 9.47 Å². The van der Waals surface area contributed by atoms with Gasteiger partial charge in [0.1, 0.15) is 11.5 Å². The summed E-state index contributed by atoms with van der Waals surface area (Å²) < 4.78 is 10.4. The molecule has 0 aliphatic heterocycles. The first-order valence-electron chi connectivity index (χ1n) is 5.78. The zero-order valence-corrected chi connectivity index (χ0v) is 10.6. The van der Waals surface area contributed by atoms with Crippen molar-refractivity contribution in [3.8, 4) is 11.5 Å². The highest BCUT2D eigenvalue weighted by molar-refractivity contribution is 5.70. The number of hydrogen-bond donors (Lipinski definition) is 0. The number of methoxy groups -OCH3 is 2. The van der Waals surface area contributed by atoms with Crippen molar-refractivity contribution in [3.63, 3.8) is 0 Å². The molecule has 2 nitrogen and oxygen atoms in total. The Morgan fingerprint density at radius 2 is 1.17 bits per heavy atom. The Labute approximate surface area is 107 Å². The summed E-state index contributed by atoms with van der Waals surface area (Å²) in [7, 11) is 3.34. The zero-order valence-electron chi connectivity index (χ0n) is 10.6. The first kappa shape index (κ1) is 12.2. The summed E-state index contributed by atoms with van der Waals surface area (Å²) in [6, 6.07) is 15.9. The number of rotatable bonds is 4. The summed E-state index contributed by atoms with van der Waals surface area (Å²) >= 11 is 0. The molecule has 0 amide bonds. The minimum absolute atomic E-state index is 0.864. The van der Waals surface area contributed by atoms with Gasteiger partial charge in [-0.25, -0.2) is 0 Å². The van der Waals surface area contributed by atoms with E-state index in [0.717, 1.165) is 22.6 Å². The lowest BCUT2D eigenvalue weighted by Crippen LogP contribution is -1.83. The Morgan fingerprint density at radius 1 is 0.722 bits per heavy atom. The van der Waals surface area contributed by atoms with Crippen LogP contribution >= 0.6 is 0 Å². The van der Waals surface area contributed by atoms with E-state index in [1.54, 1.807) is 14.2 Å². The fraction of sp³-hybridized carbons (Fsp3) is 0.125. The van der Waals surface area contributed by atoms with Gasteiger partial charge in [0.05, 0.1) is 14.2 Å². The highest BCUT2D eigenvalue weighted by Gasteiger charge is 1.93. The maximum Gasteiger partial charge on any atom is 0.119 e. The van der Waals surface area contributed by atoms with Crippen LogP contribution in [0.25, 0.3) is 12.2 Å². The molecule has 0 bridgehead atoms. The van der Waals surface area contributed by atoms with Crippen LogP contribution in [0.5, 0.6) is 11.5 Å². The second-order valence-corrected chi connectivity index (χ2v) is 3.89. The summed E-state index contributed by atoms with van der Waals surface area (Å²) in [6.45, 7) is 0. The molecule has 0 N–H and O–H groups in total. The van der Waals surface area contributed by atoms with Gasteiger partial charge < -0.3 is 9.47 Å². The fourth-order valence-electron chi connectivity index (χ4n) is 1.68. The average molecular weight is 240 g/mol. The van der Waals surface area contributed by atoms with Gasteiger partial charge in [-0.2, -0.15) is 0 Å². The van der Waals surface area contributed by atoms with Gasteiger partial charge in [0.25, 0.3) is 0 Å². The van der Waals surface area contributed by atoms with Crippen LogP contribution in [0.4, 0.5) is 0 Å². The minimum Gasteiger partial charge on any atom is -0.497 e. The third kappa shape index (κ3) is 3.14. The molecule has 0 radical (unpaired) electrons. The molecule has 2 aromatic rings. The van der Waals surface area contributed by atoms with Crippen LogP contribution in [0, 0.1) is 0 Å². The molecule has 2 rings (SSSR count). The van der Waals surface area contributed by atoms with E-state index in [0.29, 0.717) is 0 Å². The fourth-order valence-corrected chi connectivity index (χ4v) is 1.68. The Hall–Kier alpha value is -2.22. The summed E-state index contributed by atoms with van der Waals surface area (Å²) in [4.78, 5) is 0. The van der Waals surface area contributed by atoms with Crippen molar-refractivity contribution < 1.29 is 9.47 Å². The predicted molar refractivity (Wildman–Crippen MR) is 74.9 cm³/mol. The van der Waals surface area contributed by atoms with Gasteiger partial charge >= 0.3 is 0 Å². The topological polar surface area (TPSA) is 18.5 Å². The van der Waals surface area contributed by atoms with Crippen LogP contribution in [0.15, 0.2) is 48.5 Å². The van der Waals surface area contributed by atoms with Gasteiger partial charge in [-0.05, 0) is 35.4 Å². The standard InChI is InChI=1S/C16H16O2/c1-17-15-7-3-5-13(11-15)9-10-14-6-4-8-16(12-14)18-2/h3-12H,1-2H3/b10-9+. The maximum absolute atomic E-state index is 5.19. The Morgan fingerprint density at radius 3 is 1.56 bits per heavy atom. The van der Waals surface area contributed by atoms with Gasteiger partial charge in [0.15, 0.2) is 0 Å². The van der Waals surface area contributed by atoms with Gasteiger partial charge in [0, 0.05) is 0 Å². The van der Waals surface area contributed by atoms with Crippen LogP contribution in [-0.4, -0.2) is 14.2 Å². The van der Waals surface area contributed by atoms with Crippen LogP contribution in [0.3, 0.4) is 0 Å². The van der Waals surface area contributed by atoms with Crippen molar-refractivity contribution in [2.45, 2.75) is 0 Å². The lowest BCUT2D eigenvalue weighted by molar-refractivity contribution is 0.414. The number of hydrogen-bond acceptors (Lipinski definition) is 2. The Bertz CT molecular complexity index is 495. The largest absolute Gasteiger partial charge is 0.497 e. The second-order valence-electron chi connectivity index (χ2n) is 3.89. The molecule has 0 atom stereocenters. The molecule has 92 valence electrons. The lowest BCUT2D eigenvalue weighted by atomic mass is 10.1. The zero-order chi connectivity index (χ0) is 12.8. The van der Waals surface area contributed by atoms with Crippen LogP contribution in [0.1, 0.15) is 11.1 Å². The second kappa shape index (κ2) is 5.92. The molecule has 2 aromatic carbocycles. The summed E-state index contributed by atoms with van der Waals surface area (Å²) in [6.07, 6.45) is 4.11. The Balaban J connectivity index is 2.18. The first-order chi connectivity index (χ1) is 8.81. The smallest absolute Gasteiger partial charge is 0.119 e. The normalized spacial score (nSPS) is 10.6. The van der Waals surface area contributed by atoms with Crippen molar-refractivity contribution in [2.24, 2.45) is 0 Å². The van der Waals surface area contributed by atoms with Crippen molar-refractivity contribution >= 4 is 12.2 Å². The van der Waals surface area contributed by atoms with E-state index in [1.165, 1.54) is 0 Å². The lowest BCUT2D eigenvalue weighted by Gasteiger charge is -2.01. The molecule has 0 aromatic heterocycles. The third-order valence-electron chi connectivity index (χ3n) is 2.66. The van der Waals surface area contributed by atoms with E-state index in [1.807, 2.05) is 48.5 Å². The SMILES string of the molecule is COc1cccc(/C=C/c2cccc(OC)c2)c1. The van der Waals surface area contributed by atoms with Crippen LogP contribution < -0.4 is 9.47 Å². The molecule has 0 fully saturated rings. The Kier molecular flexibility index (Phi) is 4.02. The maximum atomic E-state index is 5.19. The van der Waals surface area contributed by atoms with E-state index in [-0.39, 0.29) is 0 Å². The van der Waals surface area contributed by atoms with E-state index in [2.05, 4.69) is 12.2 Å². The quantitative estimate of drug-likeness (QED) is 0.755. The molecular weight excluding hydrogens is 224 g/mol. The van der Waals surface area contributed by atoms with Gasteiger partial charge in [-0.15, -0.1) is 0 Å². The highest BCUT2D eigenvalue weighted by Crippen LogP contribution is 2.17. The molecule has 0 spiro atoms. The molecule has 0 aliphatic carbocycles. The van der Waals surface area contributed by atoms with Crippen LogP contribution in [0.2, 0.25) is 0 Å². The summed E-state index contributed by atoms with van der Waals surface area (Å²) in [5.74, 6) is 1.73. The molecule has 0 unspecified atom stereocenters. The van der Waals surface area contributed by atoms with Crippen LogP contribution in [-0.2, 0) is 0 Å². The predicted octanol–water partition coefficient (Wildman–Crippen LogP) is 3.87. The molecule has 0 saturated heterocycles. The van der Waals surface area contributed by atoms with Gasteiger partial charge in [0.2, 0.25) is 0 Å². The van der Waals surface area contributed by atoms with E-state index < -0.39 is 0 Å². The third-order valence-corrected chi connectivity index (χ3v) is 2.66. The summed E-state index contributed by atoms with van der Waals surface area (Å²) in [5, 5.41) is 0. The van der Waals surface area contributed by atoms with E-state index in [9.17, 15) is 0 Å². The van der Waals surface area contributed by atoms with E-state index >= 15 is 0 Å². The van der Waals surface area contributed by atoms with Gasteiger partial charge in [-0.3, -0.25) is 0 Å². The number of ether oxygens (including phenoxy) is 2. The van der Waals surface area contributed by atoms with Crippen molar-refractivity contribution in [1.29, 1.82) is 0 Å². The average Bonchev–Trinajstić information content (AvgIpc) is 2.45. The molecule has 18 heavy (non-hydrogen) atoms. The van der Waals surface area contributed by atoms with Crippen molar-refractivity contribution in [1.82, 2.24) is 0 Å². The molecular formula is C16H16O2. The van der Waals surface area contributed by atoms with Crippen molar-refractivity contribution in [3.05, 3.63) is 59.7 Å². The molecule has 0 aliphatic rings.